The third-order valence-electron chi connectivity index (χ3n) is 3.06. The highest BCUT2D eigenvalue weighted by atomic mass is 32.2. The minimum absolute atomic E-state index is 0.364. The van der Waals surface area contributed by atoms with Crippen molar-refractivity contribution in [3.63, 3.8) is 0 Å². The van der Waals surface area contributed by atoms with Crippen molar-refractivity contribution in [2.75, 3.05) is 16.6 Å². The lowest BCUT2D eigenvalue weighted by molar-refractivity contribution is -0.140. The van der Waals surface area contributed by atoms with E-state index >= 15 is 0 Å². The summed E-state index contributed by atoms with van der Waals surface area (Å²) in [5, 5.41) is 8.80. The highest BCUT2D eigenvalue weighted by molar-refractivity contribution is 7.92. The highest BCUT2D eigenvalue weighted by Crippen LogP contribution is 2.30. The first-order chi connectivity index (χ1) is 8.42. The number of carboxylic acid groups (broad SMARTS) is 1. The predicted molar refractivity (Wildman–Crippen MR) is 68.1 cm³/mol. The van der Waals surface area contributed by atoms with Crippen LogP contribution < -0.4 is 4.31 Å². The van der Waals surface area contributed by atoms with Gasteiger partial charge < -0.3 is 5.11 Å². The van der Waals surface area contributed by atoms with Crippen LogP contribution in [0.3, 0.4) is 0 Å². The Labute approximate surface area is 106 Å². The Kier molecular flexibility index (Phi) is 3.30. The lowest BCUT2D eigenvalue weighted by atomic mass is 10.2. The van der Waals surface area contributed by atoms with E-state index in [1.807, 2.05) is 12.1 Å². The number of aliphatic carboxylic acids is 1. The number of rotatable bonds is 4. The first kappa shape index (κ1) is 12.9. The number of para-hydroxylation sites is 1. The van der Waals surface area contributed by atoms with Gasteiger partial charge in [0.25, 0.3) is 0 Å². The molecule has 1 aliphatic rings. The average Bonchev–Trinajstić information content (AvgIpc) is 2.72. The van der Waals surface area contributed by atoms with E-state index in [0.717, 1.165) is 5.56 Å². The van der Waals surface area contributed by atoms with E-state index in [-0.39, 0.29) is 5.75 Å². The Morgan fingerprint density at radius 3 is 2.78 bits per heavy atom. The number of carbonyl (C=O) groups is 1. The molecule has 1 N–H and O–H groups in total. The molecule has 0 aliphatic carbocycles. The number of sulfonamides is 1. The van der Waals surface area contributed by atoms with Gasteiger partial charge in [0.05, 0.1) is 17.4 Å². The normalized spacial score (nSPS) is 16.4. The van der Waals surface area contributed by atoms with Crippen LogP contribution in [0.15, 0.2) is 24.3 Å². The molecular weight excluding hydrogens is 254 g/mol. The zero-order chi connectivity index (χ0) is 13.3. The number of fused-ring (bicyclic) bond motifs is 1. The van der Waals surface area contributed by atoms with Crippen LogP contribution in [0.4, 0.5) is 5.69 Å². The van der Waals surface area contributed by atoms with Gasteiger partial charge in [0.15, 0.2) is 0 Å². The molecule has 18 heavy (non-hydrogen) atoms. The van der Waals surface area contributed by atoms with Crippen LogP contribution >= 0.6 is 0 Å². The van der Waals surface area contributed by atoms with Gasteiger partial charge in [0, 0.05) is 6.54 Å². The van der Waals surface area contributed by atoms with Crippen molar-refractivity contribution in [2.24, 2.45) is 5.92 Å². The minimum atomic E-state index is -3.57. The fourth-order valence-electron chi connectivity index (χ4n) is 2.07. The summed E-state index contributed by atoms with van der Waals surface area (Å²) in [6, 6.07) is 7.30. The van der Waals surface area contributed by atoms with Crippen LogP contribution in [-0.2, 0) is 21.2 Å². The third-order valence-corrected chi connectivity index (χ3v) is 5.03. The maximum Gasteiger partial charge on any atom is 0.307 e. The lowest BCUT2D eigenvalue weighted by Crippen LogP contribution is -2.35. The molecule has 98 valence electrons. The molecule has 1 heterocycles. The van der Waals surface area contributed by atoms with Crippen molar-refractivity contribution in [3.8, 4) is 0 Å². The van der Waals surface area contributed by atoms with Crippen LogP contribution in [-0.4, -0.2) is 31.8 Å². The molecule has 0 amide bonds. The van der Waals surface area contributed by atoms with Crippen LogP contribution in [0.25, 0.3) is 0 Å². The summed E-state index contributed by atoms with van der Waals surface area (Å²) >= 11 is 0. The molecule has 0 spiro atoms. The molecule has 1 unspecified atom stereocenters. The van der Waals surface area contributed by atoms with Crippen LogP contribution in [0.1, 0.15) is 12.5 Å². The van der Waals surface area contributed by atoms with Crippen LogP contribution in [0.2, 0.25) is 0 Å². The second kappa shape index (κ2) is 4.61. The maximum atomic E-state index is 12.2. The molecule has 1 aromatic rings. The molecule has 1 atom stereocenters. The van der Waals surface area contributed by atoms with E-state index < -0.39 is 21.9 Å². The van der Waals surface area contributed by atoms with Gasteiger partial charge in [-0.2, -0.15) is 0 Å². The van der Waals surface area contributed by atoms with Gasteiger partial charge in [-0.25, -0.2) is 8.42 Å². The van der Waals surface area contributed by atoms with Gasteiger partial charge in [-0.1, -0.05) is 25.1 Å². The van der Waals surface area contributed by atoms with Gasteiger partial charge in [-0.3, -0.25) is 9.10 Å². The first-order valence-corrected chi connectivity index (χ1v) is 7.34. The van der Waals surface area contributed by atoms with Gasteiger partial charge in [0.1, 0.15) is 0 Å². The number of benzene rings is 1. The Hall–Kier alpha value is -1.56. The quantitative estimate of drug-likeness (QED) is 0.888. The molecule has 1 aromatic carbocycles. The SMILES string of the molecule is CC(CS(=O)(=O)N1CCc2ccccc21)C(=O)O. The summed E-state index contributed by atoms with van der Waals surface area (Å²) < 4.78 is 25.7. The van der Waals surface area contributed by atoms with Gasteiger partial charge >= 0.3 is 5.97 Å². The highest BCUT2D eigenvalue weighted by Gasteiger charge is 2.31. The smallest absolute Gasteiger partial charge is 0.307 e. The van der Waals surface area contributed by atoms with E-state index in [1.165, 1.54) is 11.2 Å². The second-order valence-corrected chi connectivity index (χ2v) is 6.41. The predicted octanol–water partition coefficient (Wildman–Crippen LogP) is 1.10. The van der Waals surface area contributed by atoms with E-state index in [9.17, 15) is 13.2 Å². The van der Waals surface area contributed by atoms with Crippen molar-refractivity contribution in [1.82, 2.24) is 0 Å². The number of carboxylic acids is 1. The molecule has 0 fully saturated rings. The molecule has 2 rings (SSSR count). The maximum absolute atomic E-state index is 12.2. The summed E-state index contributed by atoms with van der Waals surface area (Å²) in [5.41, 5.74) is 1.67. The molecule has 0 bridgehead atoms. The largest absolute Gasteiger partial charge is 0.481 e. The minimum Gasteiger partial charge on any atom is -0.481 e. The van der Waals surface area contributed by atoms with Gasteiger partial charge in [-0.05, 0) is 18.1 Å². The Morgan fingerprint density at radius 1 is 1.44 bits per heavy atom. The fraction of sp³-hybridized carbons (Fsp3) is 0.417. The summed E-state index contributed by atoms with van der Waals surface area (Å²) in [4.78, 5) is 10.8. The van der Waals surface area contributed by atoms with Crippen LogP contribution in [0, 0.1) is 5.92 Å². The fourth-order valence-corrected chi connectivity index (χ4v) is 3.88. The first-order valence-electron chi connectivity index (χ1n) is 5.73. The number of nitrogens with zero attached hydrogens (tertiary/aromatic N) is 1. The van der Waals surface area contributed by atoms with Gasteiger partial charge in [0.2, 0.25) is 10.0 Å². The molecule has 1 aliphatic heterocycles. The van der Waals surface area contributed by atoms with Crippen molar-refractivity contribution in [2.45, 2.75) is 13.3 Å². The van der Waals surface area contributed by atoms with E-state index in [1.54, 1.807) is 12.1 Å². The molecule has 0 radical (unpaired) electrons. The van der Waals surface area contributed by atoms with E-state index in [4.69, 9.17) is 5.11 Å². The molecule has 0 saturated carbocycles. The lowest BCUT2D eigenvalue weighted by Gasteiger charge is -2.20. The average molecular weight is 269 g/mol. The standard InChI is InChI=1S/C12H15NO4S/c1-9(12(14)15)8-18(16,17)13-7-6-10-4-2-3-5-11(10)13/h2-5,9H,6-8H2,1H3,(H,14,15). The monoisotopic (exact) mass is 269 g/mol. The van der Waals surface area contributed by atoms with Crippen LogP contribution in [0.5, 0.6) is 0 Å². The molecule has 5 nitrogen and oxygen atoms in total. The zero-order valence-electron chi connectivity index (χ0n) is 10.0. The van der Waals surface area contributed by atoms with Crippen molar-refractivity contribution < 1.29 is 18.3 Å². The zero-order valence-corrected chi connectivity index (χ0v) is 10.9. The van der Waals surface area contributed by atoms with Crippen molar-refractivity contribution >= 4 is 21.7 Å². The van der Waals surface area contributed by atoms with E-state index in [0.29, 0.717) is 18.7 Å². The summed E-state index contributed by atoms with van der Waals surface area (Å²) in [7, 11) is -3.57. The molecule has 0 aromatic heterocycles. The topological polar surface area (TPSA) is 74.7 Å². The van der Waals surface area contributed by atoms with Gasteiger partial charge in [-0.15, -0.1) is 0 Å². The van der Waals surface area contributed by atoms with Crippen molar-refractivity contribution in [3.05, 3.63) is 29.8 Å². The van der Waals surface area contributed by atoms with Crippen molar-refractivity contribution in [1.29, 1.82) is 0 Å². The number of hydrogen-bond acceptors (Lipinski definition) is 3. The molecular formula is C12H15NO4S. The summed E-state index contributed by atoms with van der Waals surface area (Å²) in [5.74, 6) is -2.36. The number of hydrogen-bond donors (Lipinski definition) is 1. The summed E-state index contributed by atoms with van der Waals surface area (Å²) in [6.45, 7) is 1.80. The second-order valence-electron chi connectivity index (χ2n) is 4.47. The number of anilines is 1. The van der Waals surface area contributed by atoms with E-state index in [2.05, 4.69) is 0 Å². The Balaban J connectivity index is 2.25. The summed E-state index contributed by atoms with van der Waals surface area (Å²) in [6.07, 6.45) is 0.677. The Morgan fingerprint density at radius 2 is 2.11 bits per heavy atom. The molecule has 0 saturated heterocycles. The Bertz CT molecular complexity index is 567. The third kappa shape index (κ3) is 2.33. The molecule has 6 heteroatoms.